The third kappa shape index (κ3) is 2.97. The van der Waals surface area contributed by atoms with E-state index in [1.807, 2.05) is 0 Å². The molecule has 2 rings (SSSR count). The van der Waals surface area contributed by atoms with Crippen molar-refractivity contribution in [1.29, 1.82) is 0 Å². The first kappa shape index (κ1) is 12.4. The molecule has 0 aliphatic carbocycles. The maximum atomic E-state index is 13.1. The molecule has 17 heavy (non-hydrogen) atoms. The Morgan fingerprint density at radius 1 is 1.47 bits per heavy atom. The van der Waals surface area contributed by atoms with E-state index in [0.29, 0.717) is 18.0 Å². The van der Waals surface area contributed by atoms with Gasteiger partial charge in [0, 0.05) is 18.7 Å². The van der Waals surface area contributed by atoms with E-state index in [4.69, 9.17) is 0 Å². The van der Waals surface area contributed by atoms with Crippen LogP contribution in [0.2, 0.25) is 0 Å². The molecule has 0 spiro atoms. The highest BCUT2D eigenvalue weighted by atomic mass is 19.1. The second-order valence-corrected chi connectivity index (χ2v) is 5.30. The highest BCUT2D eigenvalue weighted by molar-refractivity contribution is 5.32. The number of phenolic OH excluding ortho intramolecular Hbond substituents is 1. The van der Waals surface area contributed by atoms with Gasteiger partial charge in [-0.05, 0) is 43.0 Å². The number of nitrogens with zero attached hydrogens (tertiary/aromatic N) is 1. The van der Waals surface area contributed by atoms with Crippen molar-refractivity contribution in [2.75, 3.05) is 13.1 Å². The molecule has 1 unspecified atom stereocenters. The predicted octanol–water partition coefficient (Wildman–Crippen LogP) is 3.01. The average molecular weight is 237 g/mol. The Morgan fingerprint density at radius 2 is 2.24 bits per heavy atom. The fourth-order valence-corrected chi connectivity index (χ4v) is 2.47. The van der Waals surface area contributed by atoms with Gasteiger partial charge >= 0.3 is 0 Å². The van der Waals surface area contributed by atoms with Crippen molar-refractivity contribution in [2.24, 2.45) is 11.8 Å². The standard InChI is InChI=1S/C14H20FNO/c1-10(2)11-5-6-16(8-11)9-12-7-13(15)3-4-14(12)17/h3-4,7,10-11,17H,5-6,8-9H2,1-2H3. The lowest BCUT2D eigenvalue weighted by atomic mass is 9.95. The highest BCUT2D eigenvalue weighted by Gasteiger charge is 2.25. The summed E-state index contributed by atoms with van der Waals surface area (Å²) in [5.74, 6) is 1.34. The fraction of sp³-hybridized carbons (Fsp3) is 0.571. The largest absolute Gasteiger partial charge is 0.508 e. The van der Waals surface area contributed by atoms with Crippen LogP contribution in [0.3, 0.4) is 0 Å². The van der Waals surface area contributed by atoms with Crippen molar-refractivity contribution in [2.45, 2.75) is 26.8 Å². The normalized spacial score (nSPS) is 21.3. The van der Waals surface area contributed by atoms with Gasteiger partial charge in [0.2, 0.25) is 0 Å². The van der Waals surface area contributed by atoms with Gasteiger partial charge in [-0.1, -0.05) is 13.8 Å². The molecule has 1 aromatic carbocycles. The summed E-state index contributed by atoms with van der Waals surface area (Å²) in [5.41, 5.74) is 0.689. The molecule has 1 heterocycles. The molecule has 0 radical (unpaired) electrons. The number of rotatable bonds is 3. The number of hydrogen-bond donors (Lipinski definition) is 1. The molecule has 1 fully saturated rings. The Balaban J connectivity index is 2.00. The molecule has 0 aromatic heterocycles. The van der Waals surface area contributed by atoms with E-state index in [0.717, 1.165) is 19.0 Å². The summed E-state index contributed by atoms with van der Waals surface area (Å²) in [7, 11) is 0. The van der Waals surface area contributed by atoms with Crippen LogP contribution < -0.4 is 0 Å². The summed E-state index contributed by atoms with van der Waals surface area (Å²) in [5, 5.41) is 9.68. The number of aromatic hydroxyl groups is 1. The van der Waals surface area contributed by atoms with Gasteiger partial charge in [0.25, 0.3) is 0 Å². The van der Waals surface area contributed by atoms with Crippen molar-refractivity contribution in [3.8, 4) is 5.75 Å². The number of likely N-dealkylation sites (tertiary alicyclic amines) is 1. The molecule has 3 heteroatoms. The van der Waals surface area contributed by atoms with Gasteiger partial charge in [-0.2, -0.15) is 0 Å². The third-order valence-electron chi connectivity index (χ3n) is 3.69. The zero-order valence-electron chi connectivity index (χ0n) is 10.5. The van der Waals surface area contributed by atoms with Gasteiger partial charge < -0.3 is 5.11 Å². The van der Waals surface area contributed by atoms with Crippen molar-refractivity contribution in [3.05, 3.63) is 29.6 Å². The summed E-state index contributed by atoms with van der Waals surface area (Å²) in [6, 6.07) is 4.15. The minimum atomic E-state index is -0.280. The fourth-order valence-electron chi connectivity index (χ4n) is 2.47. The first-order valence-corrected chi connectivity index (χ1v) is 6.26. The molecular formula is C14H20FNO. The van der Waals surface area contributed by atoms with Gasteiger partial charge in [0.15, 0.2) is 0 Å². The SMILES string of the molecule is CC(C)C1CCN(Cc2cc(F)ccc2O)C1. The Labute approximate surface area is 102 Å². The second kappa shape index (κ2) is 5.05. The third-order valence-corrected chi connectivity index (χ3v) is 3.69. The molecule has 1 aromatic rings. The van der Waals surface area contributed by atoms with E-state index in [-0.39, 0.29) is 11.6 Å². The quantitative estimate of drug-likeness (QED) is 0.873. The van der Waals surface area contributed by atoms with Gasteiger partial charge in [0.05, 0.1) is 0 Å². The smallest absolute Gasteiger partial charge is 0.123 e. The average Bonchev–Trinajstić information content (AvgIpc) is 2.72. The molecule has 1 saturated heterocycles. The predicted molar refractivity (Wildman–Crippen MR) is 66.3 cm³/mol. The lowest BCUT2D eigenvalue weighted by molar-refractivity contribution is 0.292. The molecule has 1 aliphatic heterocycles. The van der Waals surface area contributed by atoms with Crippen molar-refractivity contribution in [3.63, 3.8) is 0 Å². The molecule has 1 aliphatic rings. The van der Waals surface area contributed by atoms with Crippen molar-refractivity contribution in [1.82, 2.24) is 4.90 Å². The highest BCUT2D eigenvalue weighted by Crippen LogP contribution is 2.27. The van der Waals surface area contributed by atoms with E-state index >= 15 is 0 Å². The maximum Gasteiger partial charge on any atom is 0.123 e. The maximum absolute atomic E-state index is 13.1. The topological polar surface area (TPSA) is 23.5 Å². The summed E-state index contributed by atoms with van der Waals surface area (Å²) in [6.07, 6.45) is 1.20. The van der Waals surface area contributed by atoms with E-state index in [1.54, 1.807) is 0 Å². The van der Waals surface area contributed by atoms with Crippen LogP contribution in [-0.2, 0) is 6.54 Å². The van der Waals surface area contributed by atoms with Crippen LogP contribution in [0.1, 0.15) is 25.8 Å². The van der Waals surface area contributed by atoms with Gasteiger partial charge in [0.1, 0.15) is 11.6 Å². The molecule has 0 saturated carbocycles. The monoisotopic (exact) mass is 237 g/mol. The minimum Gasteiger partial charge on any atom is -0.508 e. The second-order valence-electron chi connectivity index (χ2n) is 5.30. The van der Waals surface area contributed by atoms with Crippen LogP contribution in [0.15, 0.2) is 18.2 Å². The lowest BCUT2D eigenvalue weighted by Gasteiger charge is -2.18. The summed E-state index contributed by atoms with van der Waals surface area (Å²) >= 11 is 0. The first-order valence-electron chi connectivity index (χ1n) is 6.26. The minimum absolute atomic E-state index is 0.194. The number of phenols is 1. The van der Waals surface area contributed by atoms with Gasteiger partial charge in [-0.25, -0.2) is 4.39 Å². The lowest BCUT2D eigenvalue weighted by Crippen LogP contribution is -2.21. The Kier molecular flexibility index (Phi) is 3.67. The van der Waals surface area contributed by atoms with Crippen molar-refractivity contribution >= 4 is 0 Å². The van der Waals surface area contributed by atoms with E-state index in [1.165, 1.54) is 24.6 Å². The number of hydrogen-bond acceptors (Lipinski definition) is 2. The Morgan fingerprint density at radius 3 is 2.88 bits per heavy atom. The number of benzene rings is 1. The van der Waals surface area contributed by atoms with Gasteiger partial charge in [-0.3, -0.25) is 4.90 Å². The first-order chi connectivity index (χ1) is 8.06. The number of halogens is 1. The molecule has 1 atom stereocenters. The zero-order chi connectivity index (χ0) is 12.4. The zero-order valence-corrected chi connectivity index (χ0v) is 10.5. The van der Waals surface area contributed by atoms with E-state index < -0.39 is 0 Å². The molecular weight excluding hydrogens is 217 g/mol. The Hall–Kier alpha value is -1.09. The van der Waals surface area contributed by atoms with Crippen LogP contribution in [0.25, 0.3) is 0 Å². The summed E-state index contributed by atoms with van der Waals surface area (Å²) in [6.45, 7) is 7.22. The summed E-state index contributed by atoms with van der Waals surface area (Å²) in [4.78, 5) is 2.29. The van der Waals surface area contributed by atoms with Crippen molar-refractivity contribution < 1.29 is 9.50 Å². The molecule has 0 bridgehead atoms. The molecule has 0 amide bonds. The molecule has 2 nitrogen and oxygen atoms in total. The van der Waals surface area contributed by atoms with Crippen LogP contribution in [0.5, 0.6) is 5.75 Å². The van der Waals surface area contributed by atoms with Gasteiger partial charge in [-0.15, -0.1) is 0 Å². The van der Waals surface area contributed by atoms with E-state index in [9.17, 15) is 9.50 Å². The summed E-state index contributed by atoms with van der Waals surface area (Å²) < 4.78 is 13.1. The molecule has 1 N–H and O–H groups in total. The Bertz CT molecular complexity index is 392. The molecule has 94 valence electrons. The van der Waals surface area contributed by atoms with Crippen LogP contribution in [-0.4, -0.2) is 23.1 Å². The van der Waals surface area contributed by atoms with Crippen LogP contribution >= 0.6 is 0 Å². The van der Waals surface area contributed by atoms with E-state index in [2.05, 4.69) is 18.7 Å². The van der Waals surface area contributed by atoms with Crippen LogP contribution in [0, 0.1) is 17.7 Å². The van der Waals surface area contributed by atoms with Crippen LogP contribution in [0.4, 0.5) is 4.39 Å².